The maximum atomic E-state index is 11.6. The van der Waals surface area contributed by atoms with Crippen molar-refractivity contribution >= 4 is 17.8 Å². The highest BCUT2D eigenvalue weighted by Crippen LogP contribution is 2.20. The van der Waals surface area contributed by atoms with Crippen molar-refractivity contribution in [2.45, 2.75) is 6.92 Å². The number of benzene rings is 2. The lowest BCUT2D eigenvalue weighted by Crippen LogP contribution is -2.24. The van der Waals surface area contributed by atoms with Gasteiger partial charge in [0.2, 0.25) is 0 Å². The quantitative estimate of drug-likeness (QED) is 0.490. The first kappa shape index (κ1) is 16.9. The van der Waals surface area contributed by atoms with E-state index in [-0.39, 0.29) is 17.9 Å². The topological polar surface area (TPSA) is 117 Å². The summed E-state index contributed by atoms with van der Waals surface area (Å²) in [6.45, 7) is 1.64. The molecule has 0 unspecified atom stereocenters. The highest BCUT2D eigenvalue weighted by atomic mass is 16.6. The van der Waals surface area contributed by atoms with Gasteiger partial charge in [0.1, 0.15) is 5.75 Å². The van der Waals surface area contributed by atoms with Crippen LogP contribution in [0.2, 0.25) is 0 Å². The number of nitrogens with zero attached hydrogens (tertiary/aromatic N) is 2. The number of hydrazone groups is 1. The lowest BCUT2D eigenvalue weighted by Gasteiger charge is -2.06. The van der Waals surface area contributed by atoms with Crippen molar-refractivity contribution in [3.05, 3.63) is 63.7 Å². The van der Waals surface area contributed by atoms with Crippen LogP contribution in [0.5, 0.6) is 11.5 Å². The average Bonchev–Trinajstić information content (AvgIpc) is 2.53. The summed E-state index contributed by atoms with van der Waals surface area (Å²) >= 11 is 0. The number of aryl methyl sites for hydroxylation is 1. The van der Waals surface area contributed by atoms with E-state index in [9.17, 15) is 20.0 Å². The van der Waals surface area contributed by atoms with Crippen molar-refractivity contribution in [1.82, 2.24) is 5.43 Å². The summed E-state index contributed by atoms with van der Waals surface area (Å²) in [4.78, 5) is 21.8. The number of hydrogen-bond donors (Lipinski definition) is 1. The Morgan fingerprint density at radius 3 is 2.83 bits per heavy atom. The molecule has 124 valence electrons. The van der Waals surface area contributed by atoms with Gasteiger partial charge in [-0.2, -0.15) is 5.10 Å². The van der Waals surface area contributed by atoms with E-state index in [4.69, 9.17) is 4.74 Å². The van der Waals surface area contributed by atoms with Crippen LogP contribution >= 0.6 is 0 Å². The molecule has 8 heteroatoms. The predicted octanol–water partition coefficient (Wildman–Crippen LogP) is 1.51. The SMILES string of the molecule is Cc1cccc(OCC(=O)N/N=C\c2cc([O-])ccc2[N+](=O)[O-])c1. The lowest BCUT2D eigenvalue weighted by molar-refractivity contribution is -0.385. The predicted molar refractivity (Wildman–Crippen MR) is 85.0 cm³/mol. The van der Waals surface area contributed by atoms with Crippen molar-refractivity contribution in [3.8, 4) is 11.5 Å². The van der Waals surface area contributed by atoms with Crippen LogP contribution in [0, 0.1) is 17.0 Å². The maximum Gasteiger partial charge on any atom is 0.278 e. The van der Waals surface area contributed by atoms with Crippen molar-refractivity contribution in [1.29, 1.82) is 0 Å². The highest BCUT2D eigenvalue weighted by molar-refractivity contribution is 5.87. The number of nitro benzene ring substituents is 1. The molecule has 0 aromatic heterocycles. The molecule has 0 heterocycles. The van der Waals surface area contributed by atoms with Gasteiger partial charge < -0.3 is 9.84 Å². The third-order valence-corrected chi connectivity index (χ3v) is 2.95. The van der Waals surface area contributed by atoms with Crippen LogP contribution in [-0.4, -0.2) is 23.7 Å². The van der Waals surface area contributed by atoms with Crippen LogP contribution < -0.4 is 15.3 Å². The van der Waals surface area contributed by atoms with E-state index in [0.29, 0.717) is 5.75 Å². The minimum absolute atomic E-state index is 0.00685. The summed E-state index contributed by atoms with van der Waals surface area (Å²) in [6, 6.07) is 10.4. The number of ether oxygens (including phenoxy) is 1. The molecule has 0 bridgehead atoms. The second-order valence-electron chi connectivity index (χ2n) is 4.88. The molecule has 2 aromatic carbocycles. The third-order valence-electron chi connectivity index (χ3n) is 2.95. The summed E-state index contributed by atoms with van der Waals surface area (Å²) in [5, 5.41) is 25.7. The Hall–Kier alpha value is -3.42. The van der Waals surface area contributed by atoms with Crippen molar-refractivity contribution < 1.29 is 19.6 Å². The summed E-state index contributed by atoms with van der Waals surface area (Å²) in [6.07, 6.45) is 1.05. The third kappa shape index (κ3) is 4.80. The zero-order valence-corrected chi connectivity index (χ0v) is 12.8. The molecule has 0 spiro atoms. The van der Waals surface area contributed by atoms with Gasteiger partial charge in [-0.15, -0.1) is 5.75 Å². The van der Waals surface area contributed by atoms with Gasteiger partial charge in [0.25, 0.3) is 11.6 Å². The van der Waals surface area contributed by atoms with Crippen LogP contribution in [0.4, 0.5) is 5.69 Å². The molecule has 2 rings (SSSR count). The molecule has 8 nitrogen and oxygen atoms in total. The molecule has 2 aromatic rings. The Kier molecular flexibility index (Phi) is 5.45. The van der Waals surface area contributed by atoms with Gasteiger partial charge in [0.15, 0.2) is 6.61 Å². The van der Waals surface area contributed by atoms with Crippen molar-refractivity contribution in [3.63, 3.8) is 0 Å². The first-order chi connectivity index (χ1) is 11.5. The number of hydrogen-bond acceptors (Lipinski definition) is 6. The van der Waals surface area contributed by atoms with E-state index in [0.717, 1.165) is 30.0 Å². The minimum atomic E-state index is -0.635. The summed E-state index contributed by atoms with van der Waals surface area (Å²) in [5.41, 5.74) is 2.91. The Morgan fingerprint density at radius 1 is 1.33 bits per heavy atom. The fourth-order valence-corrected chi connectivity index (χ4v) is 1.86. The van der Waals surface area contributed by atoms with Gasteiger partial charge in [-0.3, -0.25) is 14.9 Å². The molecule has 0 saturated carbocycles. The minimum Gasteiger partial charge on any atom is -0.872 e. The van der Waals surface area contributed by atoms with E-state index in [1.165, 1.54) is 0 Å². The zero-order chi connectivity index (χ0) is 17.5. The average molecular weight is 328 g/mol. The van der Waals surface area contributed by atoms with Gasteiger partial charge in [-0.25, -0.2) is 5.43 Å². The van der Waals surface area contributed by atoms with E-state index in [2.05, 4.69) is 10.5 Å². The first-order valence-corrected chi connectivity index (χ1v) is 6.92. The molecular formula is C16H14N3O5-. The monoisotopic (exact) mass is 328 g/mol. The van der Waals surface area contributed by atoms with Crippen LogP contribution in [-0.2, 0) is 4.79 Å². The van der Waals surface area contributed by atoms with Gasteiger partial charge in [0.05, 0.1) is 16.7 Å². The Morgan fingerprint density at radius 2 is 2.12 bits per heavy atom. The molecule has 0 aliphatic rings. The van der Waals surface area contributed by atoms with E-state index >= 15 is 0 Å². The number of carbonyl (C=O) groups excluding carboxylic acids is 1. The second-order valence-corrected chi connectivity index (χ2v) is 4.88. The molecule has 0 radical (unpaired) electrons. The number of nitrogens with one attached hydrogen (secondary N) is 1. The molecule has 24 heavy (non-hydrogen) atoms. The van der Waals surface area contributed by atoms with Crippen LogP contribution in [0.25, 0.3) is 0 Å². The zero-order valence-electron chi connectivity index (χ0n) is 12.8. The summed E-state index contributed by atoms with van der Waals surface area (Å²) in [7, 11) is 0. The van der Waals surface area contributed by atoms with E-state index < -0.39 is 16.6 Å². The smallest absolute Gasteiger partial charge is 0.278 e. The first-order valence-electron chi connectivity index (χ1n) is 6.92. The molecule has 1 N–H and O–H groups in total. The summed E-state index contributed by atoms with van der Waals surface area (Å²) < 4.78 is 5.29. The Labute approximate surface area is 137 Å². The molecule has 0 atom stereocenters. The van der Waals surface area contributed by atoms with Crippen LogP contribution in [0.1, 0.15) is 11.1 Å². The van der Waals surface area contributed by atoms with E-state index in [1.54, 1.807) is 18.2 Å². The maximum absolute atomic E-state index is 11.6. The van der Waals surface area contributed by atoms with Gasteiger partial charge in [-0.05, 0) is 24.6 Å². The van der Waals surface area contributed by atoms with Crippen LogP contribution in [0.3, 0.4) is 0 Å². The fraction of sp³-hybridized carbons (Fsp3) is 0.125. The van der Waals surface area contributed by atoms with E-state index in [1.807, 2.05) is 13.0 Å². The van der Waals surface area contributed by atoms with Gasteiger partial charge >= 0.3 is 0 Å². The fourth-order valence-electron chi connectivity index (χ4n) is 1.86. The Bertz CT molecular complexity index is 789. The standard InChI is InChI=1S/C16H15N3O5/c1-11-3-2-4-14(7-11)24-10-16(21)18-17-9-12-8-13(20)5-6-15(12)19(22)23/h2-9,20H,10H2,1H3,(H,18,21)/p-1/b17-9-. The number of rotatable bonds is 6. The number of amides is 1. The second kappa shape index (κ2) is 7.73. The highest BCUT2D eigenvalue weighted by Gasteiger charge is 2.10. The molecule has 0 aliphatic heterocycles. The van der Waals surface area contributed by atoms with Crippen molar-refractivity contribution in [2.24, 2.45) is 5.10 Å². The normalized spacial score (nSPS) is 10.5. The molecule has 1 amide bonds. The molecule has 0 saturated heterocycles. The lowest BCUT2D eigenvalue weighted by atomic mass is 10.2. The Balaban J connectivity index is 1.93. The van der Waals surface area contributed by atoms with Crippen LogP contribution in [0.15, 0.2) is 47.6 Å². The van der Waals surface area contributed by atoms with Gasteiger partial charge in [0, 0.05) is 6.07 Å². The molecule has 0 aliphatic carbocycles. The molecular weight excluding hydrogens is 314 g/mol. The van der Waals surface area contributed by atoms with Crippen molar-refractivity contribution in [2.75, 3.05) is 6.61 Å². The molecule has 0 fully saturated rings. The number of carbonyl (C=O) groups is 1. The number of nitro groups is 1. The largest absolute Gasteiger partial charge is 0.872 e. The summed E-state index contributed by atoms with van der Waals surface area (Å²) in [5.74, 6) is -0.381. The van der Waals surface area contributed by atoms with Gasteiger partial charge in [-0.1, -0.05) is 24.3 Å².